The van der Waals surface area contributed by atoms with Crippen molar-refractivity contribution < 1.29 is 24.5 Å². The summed E-state index contributed by atoms with van der Waals surface area (Å²) in [7, 11) is 0. The average molecular weight is 540 g/mol. The zero-order valence-corrected chi connectivity index (χ0v) is 22.7. The van der Waals surface area contributed by atoms with E-state index in [1.54, 1.807) is 34.0 Å². The van der Waals surface area contributed by atoms with E-state index in [0.29, 0.717) is 39.0 Å². The van der Waals surface area contributed by atoms with Crippen LogP contribution in [0.4, 0.5) is 5.69 Å². The molecule has 5 rings (SSSR count). The number of aryl methyl sites for hydroxylation is 1. The Morgan fingerprint density at radius 1 is 1.07 bits per heavy atom. The number of aliphatic hydroxyl groups excluding tert-OH is 1. The summed E-state index contributed by atoms with van der Waals surface area (Å²) in [6.45, 7) is 5.40. The molecule has 1 atom stereocenters. The van der Waals surface area contributed by atoms with Gasteiger partial charge in [0.25, 0.3) is 0 Å². The Hall–Kier alpha value is -4.43. The van der Waals surface area contributed by atoms with Crippen molar-refractivity contribution in [1.29, 1.82) is 0 Å². The first-order valence-corrected chi connectivity index (χ1v) is 13.5. The van der Waals surface area contributed by atoms with Crippen LogP contribution >= 0.6 is 0 Å². The van der Waals surface area contributed by atoms with Crippen molar-refractivity contribution in [1.82, 2.24) is 9.78 Å². The van der Waals surface area contributed by atoms with Crippen LogP contribution < -0.4 is 9.64 Å². The van der Waals surface area contributed by atoms with Gasteiger partial charge in [0.15, 0.2) is 0 Å². The molecule has 0 spiro atoms. The Morgan fingerprint density at radius 3 is 2.70 bits per heavy atom. The number of carbonyl (C=O) groups is 2. The predicted molar refractivity (Wildman–Crippen MR) is 153 cm³/mol. The Morgan fingerprint density at radius 2 is 1.88 bits per heavy atom. The van der Waals surface area contributed by atoms with Gasteiger partial charge in [0, 0.05) is 30.3 Å². The summed E-state index contributed by atoms with van der Waals surface area (Å²) in [5, 5.41) is 24.7. The lowest BCUT2D eigenvalue weighted by atomic mass is 9.91. The maximum atomic E-state index is 13.3. The van der Waals surface area contributed by atoms with E-state index < -0.39 is 12.1 Å². The lowest BCUT2D eigenvalue weighted by Crippen LogP contribution is -2.37. The number of aromatic carboxylic acids is 1. The van der Waals surface area contributed by atoms with Crippen LogP contribution in [0.25, 0.3) is 11.1 Å². The van der Waals surface area contributed by atoms with E-state index >= 15 is 0 Å². The molecule has 0 fully saturated rings. The largest absolute Gasteiger partial charge is 0.493 e. The molecule has 1 aliphatic rings. The van der Waals surface area contributed by atoms with Crippen molar-refractivity contribution in [2.75, 3.05) is 18.1 Å². The van der Waals surface area contributed by atoms with E-state index in [1.807, 2.05) is 62.5 Å². The van der Waals surface area contributed by atoms with Crippen LogP contribution in [-0.2, 0) is 11.3 Å². The summed E-state index contributed by atoms with van der Waals surface area (Å²) in [6.07, 6.45) is 4.30. The zero-order chi connectivity index (χ0) is 28.2. The van der Waals surface area contributed by atoms with Gasteiger partial charge in [-0.15, -0.1) is 0 Å². The summed E-state index contributed by atoms with van der Waals surface area (Å²) in [6, 6.07) is 18.4. The number of aliphatic hydroxyl groups is 1. The summed E-state index contributed by atoms with van der Waals surface area (Å²) in [4.78, 5) is 26.3. The second-order valence-corrected chi connectivity index (χ2v) is 10.2. The molecule has 2 heterocycles. The highest BCUT2D eigenvalue weighted by Gasteiger charge is 2.30. The van der Waals surface area contributed by atoms with Gasteiger partial charge in [-0.1, -0.05) is 36.4 Å². The molecule has 3 aromatic carbocycles. The first-order chi connectivity index (χ1) is 19.3. The Labute approximate surface area is 233 Å². The number of benzene rings is 3. The van der Waals surface area contributed by atoms with Crippen LogP contribution in [0, 0.1) is 13.8 Å². The minimum absolute atomic E-state index is 0.00358. The van der Waals surface area contributed by atoms with Crippen LogP contribution in [0.1, 0.15) is 58.0 Å². The SMILES string of the molecule is Cc1cccc(OCCCC(=O)N2CCC(O)c3c(-c4cnn(Cc5cccc(C(=O)O)c5)c4)cccc32)c1C. The maximum Gasteiger partial charge on any atom is 0.335 e. The third-order valence-corrected chi connectivity index (χ3v) is 7.44. The first-order valence-electron chi connectivity index (χ1n) is 13.5. The van der Waals surface area contributed by atoms with Crippen LogP contribution in [0.2, 0.25) is 0 Å². The summed E-state index contributed by atoms with van der Waals surface area (Å²) in [5.41, 5.74) is 6.42. The second kappa shape index (κ2) is 11.8. The van der Waals surface area contributed by atoms with E-state index in [-0.39, 0.29) is 11.5 Å². The Bertz CT molecular complexity index is 1540. The van der Waals surface area contributed by atoms with Crippen molar-refractivity contribution in [3.63, 3.8) is 0 Å². The van der Waals surface area contributed by atoms with Crippen molar-refractivity contribution in [2.24, 2.45) is 0 Å². The van der Waals surface area contributed by atoms with Gasteiger partial charge in [-0.2, -0.15) is 5.10 Å². The molecule has 8 nitrogen and oxygen atoms in total. The van der Waals surface area contributed by atoms with E-state index in [9.17, 15) is 19.8 Å². The fraction of sp³-hybridized carbons (Fsp3) is 0.281. The van der Waals surface area contributed by atoms with Gasteiger partial charge in [-0.05, 0) is 73.2 Å². The van der Waals surface area contributed by atoms with E-state index in [1.165, 1.54) is 5.56 Å². The third kappa shape index (κ3) is 5.77. The maximum absolute atomic E-state index is 13.3. The van der Waals surface area contributed by atoms with Gasteiger partial charge < -0.3 is 19.8 Å². The van der Waals surface area contributed by atoms with Gasteiger partial charge in [-0.25, -0.2) is 4.79 Å². The Balaban J connectivity index is 1.29. The van der Waals surface area contributed by atoms with Crippen LogP contribution in [-0.4, -0.2) is 45.0 Å². The minimum atomic E-state index is -0.971. The predicted octanol–water partition coefficient (Wildman–Crippen LogP) is 5.54. The number of carboxylic acids is 1. The molecule has 0 radical (unpaired) electrons. The molecule has 1 amide bonds. The molecule has 40 heavy (non-hydrogen) atoms. The zero-order valence-electron chi connectivity index (χ0n) is 22.7. The van der Waals surface area contributed by atoms with Crippen LogP contribution in [0.3, 0.4) is 0 Å². The number of rotatable bonds is 9. The summed E-state index contributed by atoms with van der Waals surface area (Å²) >= 11 is 0. The first kappa shape index (κ1) is 27.1. The molecule has 0 bridgehead atoms. The van der Waals surface area contributed by atoms with Crippen LogP contribution in [0.15, 0.2) is 73.1 Å². The number of hydrogen-bond donors (Lipinski definition) is 2. The molecular formula is C32H33N3O5. The quantitative estimate of drug-likeness (QED) is 0.271. The number of carboxylic acid groups (broad SMARTS) is 1. The van der Waals surface area contributed by atoms with Crippen molar-refractivity contribution >= 4 is 17.6 Å². The normalized spacial score (nSPS) is 14.6. The molecule has 4 aromatic rings. The summed E-state index contributed by atoms with van der Waals surface area (Å²) in [5.74, 6) is -0.122. The fourth-order valence-corrected chi connectivity index (χ4v) is 5.17. The molecule has 8 heteroatoms. The number of hydrogen-bond acceptors (Lipinski definition) is 5. The monoisotopic (exact) mass is 539 g/mol. The third-order valence-electron chi connectivity index (χ3n) is 7.44. The van der Waals surface area contributed by atoms with Gasteiger partial charge >= 0.3 is 5.97 Å². The number of aromatic nitrogens is 2. The second-order valence-electron chi connectivity index (χ2n) is 10.2. The lowest BCUT2D eigenvalue weighted by Gasteiger charge is -2.33. The van der Waals surface area contributed by atoms with Crippen molar-refractivity contribution in [3.8, 4) is 16.9 Å². The molecule has 1 unspecified atom stereocenters. The number of nitrogens with zero attached hydrogens (tertiary/aromatic N) is 3. The standard InChI is InChI=1S/C32H33N3O5/c1-21-7-3-12-29(22(21)2)40-16-6-13-30(37)35-15-14-28(36)31-26(10-5-11-27(31)35)25-18-33-34(20-25)19-23-8-4-9-24(17-23)32(38)39/h3-5,7-12,17-18,20,28,36H,6,13-16,19H2,1-2H3,(H,38,39). The van der Waals surface area contributed by atoms with Gasteiger partial charge in [0.2, 0.25) is 5.91 Å². The van der Waals surface area contributed by atoms with Crippen molar-refractivity contribution in [3.05, 3.63) is 101 Å². The number of fused-ring (bicyclic) bond motifs is 1. The molecule has 206 valence electrons. The summed E-state index contributed by atoms with van der Waals surface area (Å²) < 4.78 is 7.67. The molecule has 0 aliphatic carbocycles. The van der Waals surface area contributed by atoms with Crippen molar-refractivity contribution in [2.45, 2.75) is 45.8 Å². The number of carbonyl (C=O) groups excluding carboxylic acids is 1. The van der Waals surface area contributed by atoms with Gasteiger partial charge in [0.1, 0.15) is 5.75 Å². The Kier molecular flexibility index (Phi) is 7.98. The molecule has 0 saturated heterocycles. The van der Waals surface area contributed by atoms with E-state index in [4.69, 9.17) is 4.74 Å². The minimum Gasteiger partial charge on any atom is -0.493 e. The molecular weight excluding hydrogens is 506 g/mol. The lowest BCUT2D eigenvalue weighted by molar-refractivity contribution is -0.119. The highest BCUT2D eigenvalue weighted by Crippen LogP contribution is 2.41. The highest BCUT2D eigenvalue weighted by molar-refractivity contribution is 5.96. The molecule has 0 saturated carbocycles. The molecule has 1 aromatic heterocycles. The van der Waals surface area contributed by atoms with Crippen LogP contribution in [0.5, 0.6) is 5.75 Å². The van der Waals surface area contributed by atoms with Gasteiger partial charge in [0.05, 0.1) is 36.7 Å². The van der Waals surface area contributed by atoms with Gasteiger partial charge in [-0.3, -0.25) is 9.48 Å². The van der Waals surface area contributed by atoms with E-state index in [0.717, 1.165) is 39.3 Å². The fourth-order valence-electron chi connectivity index (χ4n) is 5.17. The van der Waals surface area contributed by atoms with E-state index in [2.05, 4.69) is 5.10 Å². The molecule has 1 aliphatic heterocycles. The number of ether oxygens (including phenoxy) is 1. The topological polar surface area (TPSA) is 105 Å². The smallest absolute Gasteiger partial charge is 0.335 e. The number of anilines is 1. The average Bonchev–Trinajstić information content (AvgIpc) is 3.41. The highest BCUT2D eigenvalue weighted by atomic mass is 16.5. The number of amides is 1. The molecule has 2 N–H and O–H groups in total.